The second-order valence-corrected chi connectivity index (χ2v) is 10.8. The maximum Gasteiger partial charge on any atom is 0.0760 e. The van der Waals surface area contributed by atoms with Crippen LogP contribution in [0.4, 0.5) is 0 Å². The van der Waals surface area contributed by atoms with Crippen LogP contribution in [-0.4, -0.2) is 27.9 Å². The third kappa shape index (κ3) is 5.71. The number of piperazine rings is 1. The van der Waals surface area contributed by atoms with Crippen molar-refractivity contribution in [2.24, 2.45) is 0 Å². The molecule has 1 atom stereocenters. The minimum Gasteiger partial charge on any atom is -0.348 e. The SMILES string of the molecule is C=C1C=C2C(c3cccc(-c4cccnc4)c3)N(Cc3ccc(CC)cc3)CCN2C=C1CCc1ccccc1. The Bertz CT molecular complexity index is 1520. The van der Waals surface area contributed by atoms with E-state index in [4.69, 9.17) is 0 Å². The number of pyridine rings is 1. The molecular weight excluding hydrogens is 486 g/mol. The van der Waals surface area contributed by atoms with Crippen molar-refractivity contribution in [2.45, 2.75) is 38.8 Å². The molecule has 3 heterocycles. The Kier molecular flexibility index (Phi) is 7.74. The molecule has 0 spiro atoms. The fourth-order valence-corrected chi connectivity index (χ4v) is 5.92. The van der Waals surface area contributed by atoms with Gasteiger partial charge in [0.1, 0.15) is 0 Å². The Hall–Kier alpha value is -4.21. The first-order valence-corrected chi connectivity index (χ1v) is 14.4. The highest BCUT2D eigenvalue weighted by Gasteiger charge is 2.34. The van der Waals surface area contributed by atoms with E-state index in [1.165, 1.54) is 39.1 Å². The number of allylic oxidation sites excluding steroid dienone is 3. The van der Waals surface area contributed by atoms with Crippen LogP contribution in [0.25, 0.3) is 11.1 Å². The summed E-state index contributed by atoms with van der Waals surface area (Å²) in [6.45, 7) is 9.61. The smallest absolute Gasteiger partial charge is 0.0760 e. The Morgan fingerprint density at radius 3 is 2.38 bits per heavy atom. The second kappa shape index (κ2) is 11.9. The highest BCUT2D eigenvalue weighted by atomic mass is 15.3. The summed E-state index contributed by atoms with van der Waals surface area (Å²) in [7, 11) is 0. The highest BCUT2D eigenvalue weighted by molar-refractivity contribution is 5.63. The number of hydrogen-bond donors (Lipinski definition) is 0. The Morgan fingerprint density at radius 2 is 1.60 bits per heavy atom. The van der Waals surface area contributed by atoms with Crippen molar-refractivity contribution in [2.75, 3.05) is 13.1 Å². The third-order valence-corrected chi connectivity index (χ3v) is 8.19. The molecule has 200 valence electrons. The summed E-state index contributed by atoms with van der Waals surface area (Å²) in [6.07, 6.45) is 11.6. The summed E-state index contributed by atoms with van der Waals surface area (Å²) >= 11 is 0. The molecule has 0 aliphatic carbocycles. The van der Waals surface area contributed by atoms with Gasteiger partial charge in [-0.15, -0.1) is 0 Å². The van der Waals surface area contributed by atoms with Gasteiger partial charge in [-0.05, 0) is 82.0 Å². The first-order valence-electron chi connectivity index (χ1n) is 14.4. The molecule has 0 radical (unpaired) electrons. The quantitative estimate of drug-likeness (QED) is 0.232. The van der Waals surface area contributed by atoms with Crippen LogP contribution in [0.1, 0.15) is 41.6 Å². The zero-order chi connectivity index (χ0) is 27.3. The van der Waals surface area contributed by atoms with Crippen molar-refractivity contribution in [3.05, 3.63) is 161 Å². The van der Waals surface area contributed by atoms with Crippen molar-refractivity contribution in [3.63, 3.8) is 0 Å². The molecule has 1 aromatic heterocycles. The summed E-state index contributed by atoms with van der Waals surface area (Å²) in [5.41, 5.74) is 11.5. The van der Waals surface area contributed by atoms with Crippen LogP contribution < -0.4 is 0 Å². The molecule has 2 aliphatic heterocycles. The normalized spacial score (nSPS) is 17.3. The molecule has 1 unspecified atom stereocenters. The second-order valence-electron chi connectivity index (χ2n) is 10.8. The number of aryl methyl sites for hydroxylation is 2. The van der Waals surface area contributed by atoms with Gasteiger partial charge in [0.05, 0.1) is 6.04 Å². The molecule has 1 fully saturated rings. The summed E-state index contributed by atoms with van der Waals surface area (Å²) < 4.78 is 0. The van der Waals surface area contributed by atoms with E-state index in [9.17, 15) is 0 Å². The lowest BCUT2D eigenvalue weighted by Gasteiger charge is -2.45. The number of hydrogen-bond acceptors (Lipinski definition) is 3. The van der Waals surface area contributed by atoms with Crippen molar-refractivity contribution >= 4 is 0 Å². The lowest BCUT2D eigenvalue weighted by Crippen LogP contribution is -2.45. The zero-order valence-corrected chi connectivity index (χ0v) is 23.3. The molecule has 0 saturated carbocycles. The van der Waals surface area contributed by atoms with Gasteiger partial charge in [-0.2, -0.15) is 0 Å². The molecule has 0 amide bonds. The largest absolute Gasteiger partial charge is 0.348 e. The molecule has 6 rings (SSSR count). The van der Waals surface area contributed by atoms with Crippen molar-refractivity contribution in [1.29, 1.82) is 0 Å². The zero-order valence-electron chi connectivity index (χ0n) is 23.3. The van der Waals surface area contributed by atoms with Crippen LogP contribution in [-0.2, 0) is 19.4 Å². The summed E-state index contributed by atoms with van der Waals surface area (Å²) in [4.78, 5) is 9.47. The number of rotatable bonds is 8. The predicted octanol–water partition coefficient (Wildman–Crippen LogP) is 8.14. The molecule has 0 bridgehead atoms. The number of nitrogens with zero attached hydrogens (tertiary/aromatic N) is 3. The van der Waals surface area contributed by atoms with E-state index in [0.717, 1.165) is 50.0 Å². The van der Waals surface area contributed by atoms with Gasteiger partial charge in [0.25, 0.3) is 0 Å². The van der Waals surface area contributed by atoms with Gasteiger partial charge in [0.15, 0.2) is 0 Å². The molecule has 3 heteroatoms. The van der Waals surface area contributed by atoms with Gasteiger partial charge in [0, 0.05) is 43.9 Å². The molecule has 2 aliphatic rings. The van der Waals surface area contributed by atoms with Crippen molar-refractivity contribution in [3.8, 4) is 11.1 Å². The molecule has 4 aromatic rings. The highest BCUT2D eigenvalue weighted by Crippen LogP contribution is 2.40. The van der Waals surface area contributed by atoms with Gasteiger partial charge < -0.3 is 4.90 Å². The van der Waals surface area contributed by atoms with Crippen LogP contribution >= 0.6 is 0 Å². The molecular formula is C37H37N3. The number of aromatic nitrogens is 1. The number of fused-ring (bicyclic) bond motifs is 1. The fraction of sp³-hybridized carbons (Fsp3) is 0.216. The first-order chi connectivity index (χ1) is 19.7. The van der Waals surface area contributed by atoms with Gasteiger partial charge in [-0.3, -0.25) is 9.88 Å². The molecule has 3 aromatic carbocycles. The van der Waals surface area contributed by atoms with Crippen LogP contribution in [0.2, 0.25) is 0 Å². The fourth-order valence-electron chi connectivity index (χ4n) is 5.92. The summed E-state index contributed by atoms with van der Waals surface area (Å²) in [5, 5.41) is 0. The van der Waals surface area contributed by atoms with Crippen LogP contribution in [0.15, 0.2) is 139 Å². The third-order valence-electron chi connectivity index (χ3n) is 8.19. The maximum absolute atomic E-state index is 4.52. The first kappa shape index (κ1) is 26.0. The maximum atomic E-state index is 4.52. The van der Waals surface area contributed by atoms with E-state index in [1.54, 1.807) is 0 Å². The topological polar surface area (TPSA) is 19.4 Å². The average molecular weight is 524 g/mol. The van der Waals surface area contributed by atoms with Gasteiger partial charge in [0.2, 0.25) is 0 Å². The number of benzene rings is 3. The minimum absolute atomic E-state index is 0.139. The van der Waals surface area contributed by atoms with E-state index in [-0.39, 0.29) is 6.04 Å². The summed E-state index contributed by atoms with van der Waals surface area (Å²) in [5.74, 6) is 0. The van der Waals surface area contributed by atoms with Gasteiger partial charge >= 0.3 is 0 Å². The lowest BCUT2D eigenvalue weighted by atomic mass is 9.89. The monoisotopic (exact) mass is 523 g/mol. The average Bonchev–Trinajstić information content (AvgIpc) is 3.01. The molecule has 0 N–H and O–H groups in total. The van der Waals surface area contributed by atoms with E-state index < -0.39 is 0 Å². The molecule has 40 heavy (non-hydrogen) atoms. The Labute approximate surface area is 238 Å². The van der Waals surface area contributed by atoms with Crippen LogP contribution in [0.5, 0.6) is 0 Å². The van der Waals surface area contributed by atoms with Gasteiger partial charge in [-0.25, -0.2) is 0 Å². The van der Waals surface area contributed by atoms with Crippen LogP contribution in [0, 0.1) is 0 Å². The Balaban J connectivity index is 1.32. The van der Waals surface area contributed by atoms with E-state index in [0.29, 0.717) is 0 Å². The minimum atomic E-state index is 0.139. The summed E-state index contributed by atoms with van der Waals surface area (Å²) in [6, 6.07) is 33.2. The standard InChI is InChI=1S/C37H37N3/c1-3-29-14-16-31(17-15-29)26-40-22-21-39-27-35(19-18-30-9-5-4-6-10-30)28(2)23-36(39)37(40)33-12-7-11-32(24-33)34-13-8-20-38-25-34/h4-17,20,23-25,27,37H,2-3,18-19,21-22,26H2,1H3. The predicted molar refractivity (Wildman–Crippen MR) is 165 cm³/mol. The van der Waals surface area contributed by atoms with Crippen molar-refractivity contribution < 1.29 is 0 Å². The van der Waals surface area contributed by atoms with Crippen molar-refractivity contribution in [1.82, 2.24) is 14.8 Å². The Morgan fingerprint density at radius 1 is 0.800 bits per heavy atom. The van der Waals surface area contributed by atoms with E-state index >= 15 is 0 Å². The van der Waals surface area contributed by atoms with Gasteiger partial charge in [-0.1, -0.05) is 92.4 Å². The van der Waals surface area contributed by atoms with E-state index in [1.807, 2.05) is 18.5 Å². The van der Waals surface area contributed by atoms with Crippen LogP contribution in [0.3, 0.4) is 0 Å². The molecule has 3 nitrogen and oxygen atoms in total. The van der Waals surface area contributed by atoms with E-state index in [2.05, 4.69) is 125 Å². The molecule has 1 saturated heterocycles. The lowest BCUT2D eigenvalue weighted by molar-refractivity contribution is 0.134.